The van der Waals surface area contributed by atoms with Crippen molar-refractivity contribution in [1.29, 1.82) is 0 Å². The topological polar surface area (TPSA) is 64.8 Å². The molecule has 1 aliphatic heterocycles. The van der Waals surface area contributed by atoms with Gasteiger partial charge in [0, 0.05) is 24.7 Å². The summed E-state index contributed by atoms with van der Waals surface area (Å²) in [6, 6.07) is 14.1. The van der Waals surface area contributed by atoms with Crippen molar-refractivity contribution >= 4 is 24.0 Å². The second-order valence-electron chi connectivity index (χ2n) is 7.70. The third-order valence-corrected chi connectivity index (χ3v) is 5.79. The summed E-state index contributed by atoms with van der Waals surface area (Å²) < 4.78 is 10.9. The predicted molar refractivity (Wildman–Crippen MR) is 116 cm³/mol. The first kappa shape index (κ1) is 21.3. The Balaban J connectivity index is 0.00000240. The number of ether oxygens (including phenoxy) is 2. The monoisotopic (exact) mass is 416 g/mol. The van der Waals surface area contributed by atoms with Crippen LogP contribution in [-0.4, -0.2) is 23.6 Å². The van der Waals surface area contributed by atoms with Crippen LogP contribution in [0.1, 0.15) is 49.7 Å². The van der Waals surface area contributed by atoms with Crippen molar-refractivity contribution in [2.45, 2.75) is 57.5 Å². The first-order valence-corrected chi connectivity index (χ1v) is 10.2. The molecule has 2 aliphatic rings. The Morgan fingerprint density at radius 3 is 2.59 bits per heavy atom. The van der Waals surface area contributed by atoms with Gasteiger partial charge in [-0.15, -0.1) is 12.4 Å². The van der Waals surface area contributed by atoms with Gasteiger partial charge in [0.15, 0.2) is 11.5 Å². The number of fused-ring (bicyclic) bond motifs is 1. The molecule has 0 bridgehead atoms. The fourth-order valence-electron chi connectivity index (χ4n) is 4.20. The molecule has 0 saturated heterocycles. The average molecular weight is 417 g/mol. The van der Waals surface area contributed by atoms with Gasteiger partial charge in [-0.2, -0.15) is 0 Å². The fraction of sp³-hybridized carbons (Fsp3) is 0.435. The normalized spacial score (nSPS) is 15.6. The van der Waals surface area contributed by atoms with Gasteiger partial charge in [-0.25, -0.2) is 0 Å². The first-order valence-electron chi connectivity index (χ1n) is 10.2. The largest absolute Gasteiger partial charge is 0.454 e. The first-order chi connectivity index (χ1) is 13.7. The third-order valence-electron chi connectivity index (χ3n) is 5.79. The molecule has 156 valence electrons. The second kappa shape index (κ2) is 9.88. The number of benzene rings is 2. The van der Waals surface area contributed by atoms with Crippen molar-refractivity contribution in [3.63, 3.8) is 0 Å². The smallest absolute Gasteiger partial charge is 0.231 e. The number of carbonyl (C=O) groups is 1. The quantitative estimate of drug-likeness (QED) is 0.692. The minimum Gasteiger partial charge on any atom is -0.454 e. The van der Waals surface area contributed by atoms with Crippen molar-refractivity contribution < 1.29 is 14.3 Å². The van der Waals surface area contributed by atoms with Gasteiger partial charge in [0.1, 0.15) is 0 Å². The predicted octanol–water partition coefficient (Wildman–Crippen LogP) is 4.71. The van der Waals surface area contributed by atoms with Crippen LogP contribution in [0.5, 0.6) is 11.5 Å². The lowest BCUT2D eigenvalue weighted by Crippen LogP contribution is -2.41. The Morgan fingerprint density at radius 2 is 1.79 bits per heavy atom. The van der Waals surface area contributed by atoms with Gasteiger partial charge in [0.05, 0.1) is 0 Å². The van der Waals surface area contributed by atoms with E-state index in [2.05, 4.69) is 4.90 Å². The Kier molecular flexibility index (Phi) is 7.26. The molecular weight excluding hydrogens is 388 g/mol. The molecule has 4 rings (SSSR count). The molecule has 2 aromatic rings. The van der Waals surface area contributed by atoms with E-state index in [0.717, 1.165) is 41.2 Å². The number of hydrogen-bond acceptors (Lipinski definition) is 4. The Bertz CT molecular complexity index is 837. The van der Waals surface area contributed by atoms with Crippen LogP contribution >= 0.6 is 12.4 Å². The number of aryl methyl sites for hydroxylation is 1. The lowest BCUT2D eigenvalue weighted by molar-refractivity contribution is -0.134. The minimum absolute atomic E-state index is 0. The van der Waals surface area contributed by atoms with Crippen molar-refractivity contribution in [2.24, 2.45) is 0 Å². The zero-order chi connectivity index (χ0) is 19.3. The summed E-state index contributed by atoms with van der Waals surface area (Å²) in [5.41, 5.74) is 8.94. The number of nitrogens with zero attached hydrogens (tertiary/aromatic N) is 1. The van der Waals surface area contributed by atoms with E-state index < -0.39 is 0 Å². The van der Waals surface area contributed by atoms with Crippen LogP contribution in [0.25, 0.3) is 0 Å². The molecular formula is C23H29ClN2O3. The van der Waals surface area contributed by atoms with E-state index in [0.29, 0.717) is 25.4 Å². The summed E-state index contributed by atoms with van der Waals surface area (Å²) in [5.74, 6) is 1.75. The van der Waals surface area contributed by atoms with Crippen LogP contribution in [0.3, 0.4) is 0 Å². The van der Waals surface area contributed by atoms with E-state index in [-0.39, 0.29) is 25.1 Å². The summed E-state index contributed by atoms with van der Waals surface area (Å²) in [4.78, 5) is 15.3. The molecule has 2 aromatic carbocycles. The van der Waals surface area contributed by atoms with Crippen LogP contribution < -0.4 is 15.2 Å². The summed E-state index contributed by atoms with van der Waals surface area (Å²) in [6.45, 7) is 0.882. The van der Waals surface area contributed by atoms with Gasteiger partial charge in [0.25, 0.3) is 0 Å². The second-order valence-corrected chi connectivity index (χ2v) is 7.70. The maximum Gasteiger partial charge on any atom is 0.231 e. The fourth-order valence-corrected chi connectivity index (χ4v) is 4.20. The van der Waals surface area contributed by atoms with Crippen molar-refractivity contribution in [1.82, 2.24) is 4.90 Å². The Hall–Kier alpha value is -2.40. The molecule has 5 nitrogen and oxygen atoms in total. The van der Waals surface area contributed by atoms with E-state index in [1.54, 1.807) is 0 Å². The van der Waals surface area contributed by atoms with Crippen LogP contribution in [-0.2, 0) is 17.8 Å². The molecule has 0 radical (unpaired) electrons. The molecule has 29 heavy (non-hydrogen) atoms. The van der Waals surface area contributed by atoms with Crippen molar-refractivity contribution in [3.05, 3.63) is 53.6 Å². The molecule has 1 heterocycles. The molecule has 6 heteroatoms. The molecule has 1 fully saturated rings. The highest BCUT2D eigenvalue weighted by atomic mass is 35.5. The number of anilines is 1. The van der Waals surface area contributed by atoms with Gasteiger partial charge in [0.2, 0.25) is 12.7 Å². The number of amides is 1. The lowest BCUT2D eigenvalue weighted by atomic mass is 9.93. The third kappa shape index (κ3) is 5.15. The average Bonchev–Trinajstić information content (AvgIpc) is 3.20. The summed E-state index contributed by atoms with van der Waals surface area (Å²) >= 11 is 0. The molecule has 1 saturated carbocycles. The molecule has 2 N–H and O–H groups in total. The molecule has 1 amide bonds. The number of nitrogen functional groups attached to an aromatic ring is 1. The molecule has 0 spiro atoms. The Morgan fingerprint density at radius 1 is 1.03 bits per heavy atom. The maximum atomic E-state index is 13.2. The summed E-state index contributed by atoms with van der Waals surface area (Å²) in [6.07, 6.45) is 6.99. The molecule has 0 aromatic heterocycles. The van der Waals surface area contributed by atoms with Gasteiger partial charge in [-0.3, -0.25) is 4.79 Å². The van der Waals surface area contributed by atoms with E-state index in [9.17, 15) is 4.79 Å². The molecule has 0 atom stereocenters. The maximum absolute atomic E-state index is 13.2. The Labute approximate surface area is 178 Å². The number of halogens is 1. The highest BCUT2D eigenvalue weighted by Gasteiger charge is 2.26. The number of para-hydroxylation sites is 1. The molecule has 1 aliphatic carbocycles. The van der Waals surface area contributed by atoms with Gasteiger partial charge >= 0.3 is 0 Å². The van der Waals surface area contributed by atoms with Gasteiger partial charge < -0.3 is 20.1 Å². The van der Waals surface area contributed by atoms with E-state index in [1.165, 1.54) is 19.3 Å². The van der Waals surface area contributed by atoms with Crippen molar-refractivity contribution in [2.75, 3.05) is 12.5 Å². The highest BCUT2D eigenvalue weighted by molar-refractivity contribution is 5.85. The zero-order valence-electron chi connectivity index (χ0n) is 16.6. The summed E-state index contributed by atoms with van der Waals surface area (Å²) in [7, 11) is 0. The van der Waals surface area contributed by atoms with E-state index in [1.807, 2.05) is 42.5 Å². The van der Waals surface area contributed by atoms with Crippen molar-refractivity contribution in [3.8, 4) is 11.5 Å². The standard InChI is InChI=1S/C23H28N2O3.ClH/c24-20-9-5-4-6-18(20)11-13-23(26)25(19-7-2-1-3-8-19)15-17-10-12-21-22(14-17)28-16-27-21;/h4-6,9-10,12,14,19H,1-3,7-8,11,13,15-16,24H2;1H. The number of nitrogens with two attached hydrogens (primary N) is 1. The van der Waals surface area contributed by atoms with Crippen LogP contribution in [0.15, 0.2) is 42.5 Å². The number of hydrogen-bond donors (Lipinski definition) is 1. The van der Waals surface area contributed by atoms with E-state index >= 15 is 0 Å². The van der Waals surface area contributed by atoms with Crippen LogP contribution in [0, 0.1) is 0 Å². The van der Waals surface area contributed by atoms with Crippen LogP contribution in [0.2, 0.25) is 0 Å². The van der Waals surface area contributed by atoms with Gasteiger partial charge in [-0.1, -0.05) is 43.5 Å². The lowest BCUT2D eigenvalue weighted by Gasteiger charge is -2.35. The zero-order valence-corrected chi connectivity index (χ0v) is 17.5. The number of carbonyl (C=O) groups excluding carboxylic acids is 1. The summed E-state index contributed by atoms with van der Waals surface area (Å²) in [5, 5.41) is 0. The number of rotatable bonds is 6. The van der Waals surface area contributed by atoms with Gasteiger partial charge in [-0.05, 0) is 48.6 Å². The minimum atomic E-state index is 0. The van der Waals surface area contributed by atoms with Crippen LogP contribution in [0.4, 0.5) is 5.69 Å². The molecule has 0 unspecified atom stereocenters. The van der Waals surface area contributed by atoms with E-state index in [4.69, 9.17) is 15.2 Å². The SMILES string of the molecule is Cl.Nc1ccccc1CCC(=O)N(Cc1ccc2c(c1)OCO2)C1CCCCC1. The highest BCUT2D eigenvalue weighted by Crippen LogP contribution is 2.33.